The van der Waals surface area contributed by atoms with E-state index in [2.05, 4.69) is 64.0 Å². The molecule has 3 aliphatic heterocycles. The zero-order chi connectivity index (χ0) is 45.0. The fourth-order valence-electron chi connectivity index (χ4n) is 9.63. The highest BCUT2D eigenvalue weighted by Crippen LogP contribution is 2.41. The first-order valence-corrected chi connectivity index (χ1v) is 25.1. The largest absolute Gasteiger partial charge is 0.379 e. The zero-order valence-electron chi connectivity index (χ0n) is 36.3. The quantitative estimate of drug-likeness (QED) is 0.0750. The molecule has 0 aliphatic carbocycles. The van der Waals surface area contributed by atoms with Crippen molar-refractivity contribution in [2.24, 2.45) is 11.7 Å². The van der Waals surface area contributed by atoms with Crippen molar-refractivity contribution in [2.75, 3.05) is 84.8 Å². The van der Waals surface area contributed by atoms with E-state index in [4.69, 9.17) is 15.5 Å². The molecule has 0 radical (unpaired) electrons. The second kappa shape index (κ2) is 19.4. The highest BCUT2D eigenvalue weighted by molar-refractivity contribution is 7.20. The molecule has 340 valence electrons. The number of aromatic nitrogens is 4. The Morgan fingerprint density at radius 3 is 2.32 bits per heavy atom. The maximum Gasteiger partial charge on any atom is 0.275 e. The van der Waals surface area contributed by atoms with Gasteiger partial charge in [0.2, 0.25) is 5.91 Å². The van der Waals surface area contributed by atoms with Crippen LogP contribution in [0.4, 0.5) is 28.4 Å². The summed E-state index contributed by atoms with van der Waals surface area (Å²) in [5.41, 5.74) is 10.7. The maximum atomic E-state index is 14.8. The number of thiazole rings is 2. The van der Waals surface area contributed by atoms with E-state index in [0.29, 0.717) is 97.5 Å². The lowest BCUT2D eigenvalue weighted by Gasteiger charge is -2.49. The van der Waals surface area contributed by atoms with E-state index in [1.807, 2.05) is 53.9 Å². The molecule has 18 heteroatoms. The first kappa shape index (κ1) is 43.9. The van der Waals surface area contributed by atoms with Crippen LogP contribution in [-0.2, 0) is 9.53 Å². The number of thiophene rings is 1. The first-order chi connectivity index (χ1) is 32.4. The van der Waals surface area contributed by atoms with Gasteiger partial charge in [0.15, 0.2) is 0 Å². The van der Waals surface area contributed by atoms with Gasteiger partial charge in [-0.25, -0.2) is 9.97 Å². The standard InChI is InChI=1S/C48H51N11O4S3/c49-17-13-31-6-5-18-58(28-31)41-34-8-2-1-7-32(34)11-12-36(41)53-44(61)39-30-66-46(55-39)42-37(14-25-64-42)56-47(62)48(59-21-23-63-24-22-59)15-19-57(20-16-48)40-10-4-3-9-35(40)52-43(60)38-29-65-45(54-38)33-26-50-51-27-33/h1-4,7-12,14,25-27,29-31H,5-6,13,15-24,28,49H2,(H,50,51)(H,52,60)(H,53,61)(H,56,62). The van der Waals surface area contributed by atoms with Gasteiger partial charge in [0.1, 0.15) is 26.9 Å². The van der Waals surface area contributed by atoms with Crippen LogP contribution in [-0.4, -0.2) is 107 Å². The number of rotatable bonds is 13. The Bertz CT molecular complexity index is 2820. The average Bonchev–Trinajstić information content (AvgIpc) is 4.21. The van der Waals surface area contributed by atoms with E-state index in [1.54, 1.807) is 23.2 Å². The van der Waals surface area contributed by atoms with Crippen molar-refractivity contribution in [1.29, 1.82) is 0 Å². The van der Waals surface area contributed by atoms with Crippen molar-refractivity contribution in [1.82, 2.24) is 25.1 Å². The molecule has 7 heterocycles. The van der Waals surface area contributed by atoms with Gasteiger partial charge in [0, 0.05) is 67.2 Å². The van der Waals surface area contributed by atoms with Crippen LogP contribution in [0.1, 0.15) is 53.1 Å². The number of nitrogens with two attached hydrogens (primary N) is 1. The number of hydrogen-bond donors (Lipinski definition) is 5. The molecule has 3 fully saturated rings. The normalized spacial score (nSPS) is 17.7. The second-order valence-corrected chi connectivity index (χ2v) is 19.6. The Balaban J connectivity index is 0.842. The predicted octanol–water partition coefficient (Wildman–Crippen LogP) is 8.25. The molecule has 4 aromatic heterocycles. The number of nitrogens with zero attached hydrogens (tertiary/aromatic N) is 6. The molecular formula is C48H51N11O4S3. The Morgan fingerprint density at radius 1 is 0.788 bits per heavy atom. The molecule has 1 atom stereocenters. The third kappa shape index (κ3) is 8.96. The number of fused-ring (bicyclic) bond motifs is 1. The molecule has 0 saturated carbocycles. The summed E-state index contributed by atoms with van der Waals surface area (Å²) in [6.07, 6.45) is 7.75. The van der Waals surface area contributed by atoms with Crippen molar-refractivity contribution in [3.63, 3.8) is 0 Å². The number of amides is 3. The summed E-state index contributed by atoms with van der Waals surface area (Å²) in [4.78, 5) is 59.4. The summed E-state index contributed by atoms with van der Waals surface area (Å²) in [6, 6.07) is 22.0. The SMILES string of the molecule is NCCC1CCCN(c2c(NC(=O)c3csc(-c4sccc4NC(=O)C4(N5CCOCC5)CCN(c5ccccc5NC(=O)c5csc(-c6cn[nH]c6)n5)CC4)n3)ccc3ccccc23)C1. The lowest BCUT2D eigenvalue weighted by Crippen LogP contribution is -2.64. The molecule has 6 N–H and O–H groups in total. The monoisotopic (exact) mass is 941 g/mol. The number of carbonyl (C=O) groups is 3. The number of morpholine rings is 1. The lowest BCUT2D eigenvalue weighted by molar-refractivity contribution is -0.133. The van der Waals surface area contributed by atoms with Crippen molar-refractivity contribution >= 4 is 90.9 Å². The Labute approximate surface area is 394 Å². The van der Waals surface area contributed by atoms with Gasteiger partial charge in [-0.2, -0.15) is 5.10 Å². The van der Waals surface area contributed by atoms with Crippen LogP contribution in [0.25, 0.3) is 31.2 Å². The number of H-pyrrole nitrogens is 1. The number of benzene rings is 3. The molecule has 1 unspecified atom stereocenters. The highest BCUT2D eigenvalue weighted by Gasteiger charge is 2.47. The maximum absolute atomic E-state index is 14.8. The van der Waals surface area contributed by atoms with E-state index < -0.39 is 5.54 Å². The summed E-state index contributed by atoms with van der Waals surface area (Å²) >= 11 is 4.26. The van der Waals surface area contributed by atoms with Gasteiger partial charge < -0.3 is 36.2 Å². The van der Waals surface area contributed by atoms with Crippen LogP contribution in [0.15, 0.2) is 95.3 Å². The molecule has 3 aromatic carbocycles. The molecule has 10 rings (SSSR count). The van der Waals surface area contributed by atoms with Gasteiger partial charge in [0.25, 0.3) is 11.8 Å². The Kier molecular flexibility index (Phi) is 12.9. The van der Waals surface area contributed by atoms with Crippen LogP contribution in [0.2, 0.25) is 0 Å². The van der Waals surface area contributed by atoms with Gasteiger partial charge >= 0.3 is 0 Å². The van der Waals surface area contributed by atoms with Crippen LogP contribution < -0.4 is 31.5 Å². The number of ether oxygens (including phenoxy) is 1. The number of piperidine rings is 2. The smallest absolute Gasteiger partial charge is 0.275 e. The summed E-state index contributed by atoms with van der Waals surface area (Å²) in [6.45, 7) is 6.02. The summed E-state index contributed by atoms with van der Waals surface area (Å²) < 4.78 is 5.75. The molecule has 66 heavy (non-hydrogen) atoms. The fraction of sp³-hybridized carbons (Fsp3) is 0.333. The van der Waals surface area contributed by atoms with Gasteiger partial charge in [-0.1, -0.05) is 42.5 Å². The number of carbonyl (C=O) groups excluding carboxylic acids is 3. The molecule has 0 bridgehead atoms. The van der Waals surface area contributed by atoms with E-state index in [-0.39, 0.29) is 17.7 Å². The van der Waals surface area contributed by atoms with E-state index in [0.717, 1.165) is 70.6 Å². The molecular weight excluding hydrogens is 891 g/mol. The molecule has 0 spiro atoms. The third-order valence-electron chi connectivity index (χ3n) is 13.0. The van der Waals surface area contributed by atoms with Crippen molar-refractivity contribution in [2.45, 2.75) is 37.6 Å². The van der Waals surface area contributed by atoms with Gasteiger partial charge in [-0.15, -0.1) is 34.0 Å². The van der Waals surface area contributed by atoms with Crippen LogP contribution in [0, 0.1) is 5.92 Å². The van der Waals surface area contributed by atoms with Crippen LogP contribution in [0.3, 0.4) is 0 Å². The van der Waals surface area contributed by atoms with Gasteiger partial charge in [-0.05, 0) is 79.6 Å². The minimum Gasteiger partial charge on any atom is -0.379 e. The minimum absolute atomic E-state index is 0.0768. The molecule has 7 aromatic rings. The number of nitrogens with one attached hydrogen (secondary N) is 4. The van der Waals surface area contributed by atoms with Crippen molar-refractivity contribution in [3.8, 4) is 20.5 Å². The molecule has 3 amide bonds. The zero-order valence-corrected chi connectivity index (χ0v) is 38.8. The molecule has 3 aliphatic rings. The van der Waals surface area contributed by atoms with E-state index >= 15 is 0 Å². The lowest BCUT2D eigenvalue weighted by atomic mass is 9.83. The number of para-hydroxylation sites is 2. The van der Waals surface area contributed by atoms with E-state index in [1.165, 1.54) is 34.0 Å². The minimum atomic E-state index is -0.800. The van der Waals surface area contributed by atoms with Crippen molar-refractivity contribution < 1.29 is 19.1 Å². The molecule has 15 nitrogen and oxygen atoms in total. The van der Waals surface area contributed by atoms with Gasteiger partial charge in [-0.3, -0.25) is 24.4 Å². The second-order valence-electron chi connectivity index (χ2n) is 16.9. The number of anilines is 5. The predicted molar refractivity (Wildman–Crippen MR) is 265 cm³/mol. The van der Waals surface area contributed by atoms with Crippen LogP contribution >= 0.6 is 34.0 Å². The summed E-state index contributed by atoms with van der Waals surface area (Å²) in [5, 5.41) is 25.5. The Morgan fingerprint density at radius 2 is 1.53 bits per heavy atom. The highest BCUT2D eigenvalue weighted by atomic mass is 32.1. The summed E-state index contributed by atoms with van der Waals surface area (Å²) in [5.74, 6) is -0.150. The van der Waals surface area contributed by atoms with Crippen LogP contribution in [0.5, 0.6) is 0 Å². The average molecular weight is 942 g/mol. The van der Waals surface area contributed by atoms with E-state index in [9.17, 15) is 14.4 Å². The topological polar surface area (TPSA) is 187 Å². The summed E-state index contributed by atoms with van der Waals surface area (Å²) in [7, 11) is 0. The number of hydrogen-bond acceptors (Lipinski definition) is 14. The Hall–Kier alpha value is -6.02. The molecule has 3 saturated heterocycles. The third-order valence-corrected chi connectivity index (χ3v) is 15.8. The van der Waals surface area contributed by atoms with Gasteiger partial charge in [0.05, 0.1) is 52.7 Å². The number of aromatic amines is 1. The first-order valence-electron chi connectivity index (χ1n) is 22.4. The fourth-order valence-corrected chi connectivity index (χ4v) is 12.2. The van der Waals surface area contributed by atoms with Crippen molar-refractivity contribution in [3.05, 3.63) is 107 Å².